The van der Waals surface area contributed by atoms with Gasteiger partial charge in [0.2, 0.25) is 0 Å². The van der Waals surface area contributed by atoms with Gasteiger partial charge in [-0.05, 0) is 41.8 Å². The highest BCUT2D eigenvalue weighted by Gasteiger charge is 2.12. The molecule has 4 nitrogen and oxygen atoms in total. The fraction of sp³-hybridized carbons (Fsp3) is 0.0500. The maximum atomic E-state index is 4.76. The zero-order valence-electron chi connectivity index (χ0n) is 13.3. The minimum Gasteiger partial charge on any atom is -0.340 e. The molecule has 0 spiro atoms. The summed E-state index contributed by atoms with van der Waals surface area (Å²) < 4.78 is 0. The van der Waals surface area contributed by atoms with Crippen molar-refractivity contribution in [1.29, 1.82) is 0 Å². The van der Waals surface area contributed by atoms with E-state index in [1.54, 1.807) is 23.0 Å². The number of anilines is 2. The third kappa shape index (κ3) is 2.58. The lowest BCUT2D eigenvalue weighted by atomic mass is 10.1. The standard InChI is InChI=1S/C20H14N4S/c1-2-7-17-16(6-1)19(24-20(23-17)18-11-21-12-25-18)22-15-9-8-13-4-3-5-14(13)10-15/h1-3,5-12H,4H2,(H,22,23,24). The summed E-state index contributed by atoms with van der Waals surface area (Å²) in [6, 6.07) is 14.5. The van der Waals surface area contributed by atoms with Crippen LogP contribution in [0.3, 0.4) is 0 Å². The molecule has 5 heteroatoms. The Morgan fingerprint density at radius 2 is 2.00 bits per heavy atom. The molecule has 5 rings (SSSR count). The van der Waals surface area contributed by atoms with E-state index in [0.717, 1.165) is 33.7 Å². The zero-order chi connectivity index (χ0) is 16.6. The van der Waals surface area contributed by atoms with Crippen molar-refractivity contribution >= 4 is 39.8 Å². The van der Waals surface area contributed by atoms with Gasteiger partial charge < -0.3 is 5.32 Å². The van der Waals surface area contributed by atoms with E-state index in [1.807, 2.05) is 24.3 Å². The Labute approximate surface area is 148 Å². The Balaban J connectivity index is 1.63. The smallest absolute Gasteiger partial charge is 0.173 e. The average Bonchev–Trinajstić information content (AvgIpc) is 3.33. The number of allylic oxidation sites excluding steroid dienone is 1. The largest absolute Gasteiger partial charge is 0.340 e. The van der Waals surface area contributed by atoms with E-state index < -0.39 is 0 Å². The number of rotatable bonds is 3. The summed E-state index contributed by atoms with van der Waals surface area (Å²) >= 11 is 1.54. The van der Waals surface area contributed by atoms with Gasteiger partial charge in [0.05, 0.1) is 15.9 Å². The number of nitrogens with zero attached hydrogens (tertiary/aromatic N) is 3. The van der Waals surface area contributed by atoms with Crippen LogP contribution >= 0.6 is 11.3 Å². The van der Waals surface area contributed by atoms with Crippen molar-refractivity contribution < 1.29 is 0 Å². The van der Waals surface area contributed by atoms with Crippen LogP contribution in [0.1, 0.15) is 11.1 Å². The van der Waals surface area contributed by atoms with Gasteiger partial charge in [-0.25, -0.2) is 9.97 Å². The highest BCUT2D eigenvalue weighted by atomic mass is 32.1. The number of hydrogen-bond acceptors (Lipinski definition) is 5. The molecular formula is C20H14N4S. The van der Waals surface area contributed by atoms with Gasteiger partial charge >= 0.3 is 0 Å². The van der Waals surface area contributed by atoms with Crippen LogP contribution in [-0.4, -0.2) is 15.0 Å². The maximum Gasteiger partial charge on any atom is 0.173 e. The summed E-state index contributed by atoms with van der Waals surface area (Å²) in [5.74, 6) is 1.51. The molecule has 4 aromatic rings. The fourth-order valence-electron chi connectivity index (χ4n) is 3.07. The molecule has 2 aromatic carbocycles. The normalized spacial score (nSPS) is 12.5. The number of hydrogen-bond donors (Lipinski definition) is 1. The molecule has 2 heterocycles. The van der Waals surface area contributed by atoms with Crippen LogP contribution in [-0.2, 0) is 6.42 Å². The molecule has 1 aliphatic rings. The van der Waals surface area contributed by atoms with Crippen LogP contribution in [0.25, 0.3) is 27.7 Å². The SMILES string of the molecule is C1=Cc2cc(Nc3nc(-c4cncs4)nc4ccccc34)ccc2C1. The molecule has 1 aliphatic carbocycles. The molecule has 120 valence electrons. The van der Waals surface area contributed by atoms with Gasteiger partial charge in [-0.3, -0.25) is 4.98 Å². The molecule has 25 heavy (non-hydrogen) atoms. The molecule has 0 radical (unpaired) electrons. The van der Waals surface area contributed by atoms with Crippen molar-refractivity contribution in [2.24, 2.45) is 0 Å². The Bertz CT molecular complexity index is 1100. The first kappa shape index (κ1) is 14.3. The molecule has 0 saturated carbocycles. The first-order chi connectivity index (χ1) is 12.4. The van der Waals surface area contributed by atoms with Crippen molar-refractivity contribution in [2.75, 3.05) is 5.32 Å². The molecule has 1 N–H and O–H groups in total. The second kappa shape index (κ2) is 5.79. The van der Waals surface area contributed by atoms with Crippen molar-refractivity contribution in [2.45, 2.75) is 6.42 Å². The Hall–Kier alpha value is -3.05. The van der Waals surface area contributed by atoms with Crippen LogP contribution in [0, 0.1) is 0 Å². The van der Waals surface area contributed by atoms with E-state index in [9.17, 15) is 0 Å². The van der Waals surface area contributed by atoms with Gasteiger partial charge in [0, 0.05) is 17.3 Å². The van der Waals surface area contributed by atoms with E-state index in [1.165, 1.54) is 11.1 Å². The third-order valence-corrected chi connectivity index (χ3v) is 5.07. The quantitative estimate of drug-likeness (QED) is 0.565. The average molecular weight is 342 g/mol. The van der Waals surface area contributed by atoms with E-state index in [4.69, 9.17) is 4.98 Å². The van der Waals surface area contributed by atoms with E-state index >= 15 is 0 Å². The van der Waals surface area contributed by atoms with Crippen LogP contribution in [0.5, 0.6) is 0 Å². The minimum absolute atomic E-state index is 0.699. The molecule has 2 aromatic heterocycles. The summed E-state index contributed by atoms with van der Waals surface area (Å²) in [4.78, 5) is 14.6. The number of aromatic nitrogens is 3. The zero-order valence-corrected chi connectivity index (χ0v) is 14.1. The van der Waals surface area contributed by atoms with E-state index in [0.29, 0.717) is 5.82 Å². The summed E-state index contributed by atoms with van der Waals surface area (Å²) in [6.45, 7) is 0. The van der Waals surface area contributed by atoms with Gasteiger partial charge in [0.1, 0.15) is 5.82 Å². The van der Waals surface area contributed by atoms with Gasteiger partial charge in [0.15, 0.2) is 5.82 Å². The van der Waals surface area contributed by atoms with Gasteiger partial charge in [-0.15, -0.1) is 11.3 Å². The predicted molar refractivity (Wildman–Crippen MR) is 103 cm³/mol. The van der Waals surface area contributed by atoms with Crippen molar-refractivity contribution in [3.05, 3.63) is 71.4 Å². The van der Waals surface area contributed by atoms with Crippen molar-refractivity contribution in [3.63, 3.8) is 0 Å². The summed E-state index contributed by atoms with van der Waals surface area (Å²) in [5, 5.41) is 4.48. The molecule has 0 fully saturated rings. The summed E-state index contributed by atoms with van der Waals surface area (Å²) in [7, 11) is 0. The Morgan fingerprint density at radius 1 is 1.04 bits per heavy atom. The monoisotopic (exact) mass is 342 g/mol. The predicted octanol–water partition coefficient (Wildman–Crippen LogP) is 5.07. The molecular weight excluding hydrogens is 328 g/mol. The van der Waals surface area contributed by atoms with Gasteiger partial charge in [0.25, 0.3) is 0 Å². The number of para-hydroxylation sites is 1. The Morgan fingerprint density at radius 3 is 2.92 bits per heavy atom. The first-order valence-electron chi connectivity index (χ1n) is 8.09. The van der Waals surface area contributed by atoms with Crippen LogP contribution in [0.15, 0.2) is 60.2 Å². The highest BCUT2D eigenvalue weighted by molar-refractivity contribution is 7.13. The van der Waals surface area contributed by atoms with E-state index in [-0.39, 0.29) is 0 Å². The fourth-order valence-corrected chi connectivity index (χ4v) is 3.63. The number of thiazole rings is 1. The summed E-state index contributed by atoms with van der Waals surface area (Å²) in [5.41, 5.74) is 6.39. The molecule has 0 aliphatic heterocycles. The lowest BCUT2D eigenvalue weighted by molar-refractivity contribution is 1.23. The highest BCUT2D eigenvalue weighted by Crippen LogP contribution is 2.30. The van der Waals surface area contributed by atoms with Gasteiger partial charge in [-0.1, -0.05) is 30.4 Å². The third-order valence-electron chi connectivity index (χ3n) is 4.30. The van der Waals surface area contributed by atoms with Crippen LogP contribution in [0.2, 0.25) is 0 Å². The van der Waals surface area contributed by atoms with Crippen molar-refractivity contribution in [3.8, 4) is 10.7 Å². The van der Waals surface area contributed by atoms with Crippen LogP contribution in [0.4, 0.5) is 11.5 Å². The maximum absolute atomic E-state index is 4.76. The number of fused-ring (bicyclic) bond motifs is 2. The molecule has 0 amide bonds. The molecule has 0 unspecified atom stereocenters. The lowest BCUT2D eigenvalue weighted by Crippen LogP contribution is -1.99. The second-order valence-electron chi connectivity index (χ2n) is 5.92. The minimum atomic E-state index is 0.699. The second-order valence-corrected chi connectivity index (χ2v) is 6.81. The lowest BCUT2D eigenvalue weighted by Gasteiger charge is -2.11. The van der Waals surface area contributed by atoms with Gasteiger partial charge in [-0.2, -0.15) is 0 Å². The topological polar surface area (TPSA) is 50.7 Å². The number of nitrogens with one attached hydrogen (secondary N) is 1. The summed E-state index contributed by atoms with van der Waals surface area (Å²) in [6.07, 6.45) is 7.18. The van der Waals surface area contributed by atoms with Crippen molar-refractivity contribution in [1.82, 2.24) is 15.0 Å². The van der Waals surface area contributed by atoms with E-state index in [2.05, 4.69) is 45.6 Å². The first-order valence-corrected chi connectivity index (χ1v) is 8.97. The molecule has 0 saturated heterocycles. The molecule has 0 bridgehead atoms. The Kier molecular flexibility index (Phi) is 3.31. The number of benzene rings is 2. The van der Waals surface area contributed by atoms with Crippen LogP contribution < -0.4 is 5.32 Å². The molecule has 0 atom stereocenters.